The van der Waals surface area contributed by atoms with Gasteiger partial charge in [-0.15, -0.1) is 0 Å². The van der Waals surface area contributed by atoms with Crippen molar-refractivity contribution in [2.75, 3.05) is 0 Å². The van der Waals surface area contributed by atoms with E-state index in [-0.39, 0.29) is 19.6 Å². The maximum Gasteiger partial charge on any atom is 0.130 e. The minimum absolute atomic E-state index is 0.154. The molecule has 0 spiro atoms. The number of hydrogen-bond acceptors (Lipinski definition) is 1. The molecule has 0 aliphatic carbocycles. The fraction of sp³-hybridized carbons (Fsp3) is 0.250. The van der Waals surface area contributed by atoms with Gasteiger partial charge in [0.15, 0.2) is 0 Å². The Bertz CT molecular complexity index is 897. The average Bonchev–Trinajstić information content (AvgIpc) is 2.70. The van der Waals surface area contributed by atoms with Crippen molar-refractivity contribution in [1.29, 1.82) is 0 Å². The van der Waals surface area contributed by atoms with E-state index in [1.807, 2.05) is 61.5 Å². The summed E-state index contributed by atoms with van der Waals surface area (Å²) in [6.07, 6.45) is 1.67. The van der Waals surface area contributed by atoms with Crippen LogP contribution in [0.2, 0.25) is 0 Å². The normalized spacial score (nSPS) is 12.0. The molecule has 0 aromatic heterocycles. The van der Waals surface area contributed by atoms with E-state index in [2.05, 4.69) is 13.8 Å². The smallest absolute Gasteiger partial charge is 0.130 e. The van der Waals surface area contributed by atoms with Crippen LogP contribution in [0.3, 0.4) is 0 Å². The van der Waals surface area contributed by atoms with Crippen molar-refractivity contribution in [2.24, 2.45) is 0 Å². The van der Waals surface area contributed by atoms with Crippen LogP contribution in [0, 0.1) is 12.7 Å². The second-order valence-corrected chi connectivity index (χ2v) is 8.62. The van der Waals surface area contributed by atoms with Crippen LogP contribution in [0.1, 0.15) is 37.8 Å². The lowest BCUT2D eigenvalue weighted by Gasteiger charge is -2.34. The summed E-state index contributed by atoms with van der Waals surface area (Å²) in [7, 11) is 0.256. The first kappa shape index (κ1) is 19.6. The SMILES string of the molecule is CCC(CC)(Pc1c(C)cccc1F)c1cccc(-c2ccccc2)c1O. The molecule has 0 saturated carbocycles. The van der Waals surface area contributed by atoms with Crippen LogP contribution >= 0.6 is 8.58 Å². The molecule has 140 valence electrons. The van der Waals surface area contributed by atoms with Gasteiger partial charge in [-0.25, -0.2) is 4.39 Å². The molecule has 1 N–H and O–H groups in total. The fourth-order valence-electron chi connectivity index (χ4n) is 3.68. The Morgan fingerprint density at radius 2 is 1.56 bits per heavy atom. The molecule has 3 aromatic rings. The number of para-hydroxylation sites is 1. The van der Waals surface area contributed by atoms with Crippen molar-refractivity contribution in [2.45, 2.75) is 38.8 Å². The minimum atomic E-state index is -0.290. The van der Waals surface area contributed by atoms with Gasteiger partial charge >= 0.3 is 0 Å². The zero-order chi connectivity index (χ0) is 19.4. The number of hydrogen-bond donors (Lipinski definition) is 1. The molecule has 0 amide bonds. The summed E-state index contributed by atoms with van der Waals surface area (Å²) in [5.41, 5.74) is 3.70. The standard InChI is InChI=1S/C24H26FOP/c1-4-24(5-2,27-23-17(3)11-9-16-21(23)25)20-15-10-14-19(22(20)26)18-12-7-6-8-13-18/h6-16,26-27H,4-5H2,1-3H3. The molecule has 0 heterocycles. The van der Waals surface area contributed by atoms with Crippen molar-refractivity contribution in [1.82, 2.24) is 0 Å². The van der Waals surface area contributed by atoms with Crippen molar-refractivity contribution in [3.05, 3.63) is 83.7 Å². The average molecular weight is 380 g/mol. The van der Waals surface area contributed by atoms with Gasteiger partial charge in [0.25, 0.3) is 0 Å². The Morgan fingerprint density at radius 3 is 2.19 bits per heavy atom. The lowest BCUT2D eigenvalue weighted by Crippen LogP contribution is -2.24. The quantitative estimate of drug-likeness (QED) is 0.482. The van der Waals surface area contributed by atoms with Crippen molar-refractivity contribution in [3.8, 4) is 16.9 Å². The van der Waals surface area contributed by atoms with Crippen molar-refractivity contribution >= 4 is 13.9 Å². The molecule has 0 aliphatic rings. The van der Waals surface area contributed by atoms with E-state index >= 15 is 0 Å². The Morgan fingerprint density at radius 1 is 0.889 bits per heavy atom. The second-order valence-electron chi connectivity index (χ2n) is 6.91. The van der Waals surface area contributed by atoms with Crippen LogP contribution in [0.5, 0.6) is 5.75 Å². The predicted molar refractivity (Wildman–Crippen MR) is 115 cm³/mol. The molecule has 3 aromatic carbocycles. The van der Waals surface area contributed by atoms with E-state index in [9.17, 15) is 9.50 Å². The van der Waals surface area contributed by atoms with Gasteiger partial charge < -0.3 is 5.11 Å². The Kier molecular flexibility index (Phi) is 5.97. The van der Waals surface area contributed by atoms with Gasteiger partial charge in [0.2, 0.25) is 0 Å². The maximum absolute atomic E-state index is 14.6. The third kappa shape index (κ3) is 3.77. The zero-order valence-corrected chi connectivity index (χ0v) is 17.1. The number of halogens is 1. The molecule has 1 atom stereocenters. The van der Waals surface area contributed by atoms with Crippen LogP contribution in [0.4, 0.5) is 4.39 Å². The highest BCUT2D eigenvalue weighted by atomic mass is 31.1. The summed E-state index contributed by atoms with van der Waals surface area (Å²) in [5, 5.41) is 11.6. The van der Waals surface area contributed by atoms with E-state index in [0.717, 1.165) is 40.4 Å². The summed E-state index contributed by atoms with van der Waals surface area (Å²) in [6, 6.07) is 21.1. The highest BCUT2D eigenvalue weighted by molar-refractivity contribution is 7.48. The van der Waals surface area contributed by atoms with Gasteiger partial charge in [-0.05, 0) is 37.0 Å². The van der Waals surface area contributed by atoms with Crippen molar-refractivity contribution in [3.63, 3.8) is 0 Å². The Balaban J connectivity index is 2.13. The van der Waals surface area contributed by atoms with Gasteiger partial charge in [0, 0.05) is 21.6 Å². The molecule has 0 saturated heterocycles. The van der Waals surface area contributed by atoms with Gasteiger partial charge in [0.1, 0.15) is 11.6 Å². The highest BCUT2D eigenvalue weighted by Gasteiger charge is 2.33. The third-order valence-corrected chi connectivity index (χ3v) is 7.77. The molecule has 0 radical (unpaired) electrons. The molecular weight excluding hydrogens is 354 g/mol. The lowest BCUT2D eigenvalue weighted by atomic mass is 9.89. The van der Waals surface area contributed by atoms with Crippen LogP contribution < -0.4 is 5.30 Å². The van der Waals surface area contributed by atoms with Gasteiger partial charge in [-0.1, -0.05) is 83.1 Å². The summed E-state index contributed by atoms with van der Waals surface area (Å²) in [4.78, 5) is 0. The molecule has 0 fully saturated rings. The highest BCUT2D eigenvalue weighted by Crippen LogP contribution is 2.52. The van der Waals surface area contributed by atoms with E-state index in [1.165, 1.54) is 6.07 Å². The van der Waals surface area contributed by atoms with Gasteiger partial charge in [0.05, 0.1) is 0 Å². The van der Waals surface area contributed by atoms with Crippen molar-refractivity contribution < 1.29 is 9.50 Å². The number of phenols is 1. The Hall–Kier alpha value is -2.18. The molecule has 1 nitrogen and oxygen atoms in total. The second kappa shape index (κ2) is 8.23. The molecule has 3 rings (SSSR count). The first-order chi connectivity index (χ1) is 13.0. The number of phenolic OH excluding ortho intramolecular Hbond substituents is 1. The number of aryl methyl sites for hydroxylation is 1. The van der Waals surface area contributed by atoms with Crippen LogP contribution in [0.15, 0.2) is 66.7 Å². The topological polar surface area (TPSA) is 20.2 Å². The first-order valence-corrected chi connectivity index (χ1v) is 10.4. The molecule has 1 unspecified atom stereocenters. The van der Waals surface area contributed by atoms with Gasteiger partial charge in [-0.3, -0.25) is 0 Å². The lowest BCUT2D eigenvalue weighted by molar-refractivity contribution is 0.450. The summed E-state index contributed by atoms with van der Waals surface area (Å²) in [5.74, 6) is 0.159. The van der Waals surface area contributed by atoms with Crippen LogP contribution in [-0.4, -0.2) is 5.11 Å². The predicted octanol–water partition coefficient (Wildman–Crippen LogP) is 6.53. The summed E-state index contributed by atoms with van der Waals surface area (Å²) >= 11 is 0. The monoisotopic (exact) mass is 380 g/mol. The number of benzene rings is 3. The zero-order valence-electron chi connectivity index (χ0n) is 16.1. The van der Waals surface area contributed by atoms with Gasteiger partial charge in [-0.2, -0.15) is 0 Å². The van der Waals surface area contributed by atoms with E-state index in [1.54, 1.807) is 6.07 Å². The molecule has 0 bridgehead atoms. The first-order valence-electron chi connectivity index (χ1n) is 9.43. The minimum Gasteiger partial charge on any atom is -0.507 e. The van der Waals surface area contributed by atoms with E-state index < -0.39 is 0 Å². The van der Waals surface area contributed by atoms with Crippen LogP contribution in [-0.2, 0) is 5.16 Å². The molecule has 27 heavy (non-hydrogen) atoms. The van der Waals surface area contributed by atoms with Crippen LogP contribution in [0.25, 0.3) is 11.1 Å². The largest absolute Gasteiger partial charge is 0.507 e. The van der Waals surface area contributed by atoms with E-state index in [0.29, 0.717) is 5.75 Å². The molecular formula is C24H26FOP. The number of aromatic hydroxyl groups is 1. The molecule has 3 heteroatoms. The fourth-order valence-corrected chi connectivity index (χ4v) is 5.34. The third-order valence-electron chi connectivity index (χ3n) is 5.43. The van der Waals surface area contributed by atoms with E-state index in [4.69, 9.17) is 0 Å². The molecule has 0 aliphatic heterocycles. The summed E-state index contributed by atoms with van der Waals surface area (Å²) in [6.45, 7) is 6.21. The Labute approximate surface area is 163 Å². The number of rotatable bonds is 6. The maximum atomic E-state index is 14.6. The summed E-state index contributed by atoms with van der Waals surface area (Å²) < 4.78 is 14.6.